The van der Waals surface area contributed by atoms with Crippen molar-refractivity contribution in [2.45, 2.75) is 32.0 Å². The van der Waals surface area contributed by atoms with Crippen molar-refractivity contribution in [3.05, 3.63) is 47.8 Å². The van der Waals surface area contributed by atoms with E-state index in [-0.39, 0.29) is 24.8 Å². The molecule has 2 rings (SSSR count). The van der Waals surface area contributed by atoms with Crippen LogP contribution in [0.1, 0.15) is 18.9 Å². The first-order chi connectivity index (χ1) is 14.5. The molecule has 1 aliphatic heterocycles. The number of nitrogens with zero attached hydrogens (tertiary/aromatic N) is 2. The van der Waals surface area contributed by atoms with Crippen LogP contribution in [0.2, 0.25) is 0 Å². The third-order valence-corrected chi connectivity index (χ3v) is 4.33. The van der Waals surface area contributed by atoms with Gasteiger partial charge in [0.1, 0.15) is 11.9 Å². The highest BCUT2D eigenvalue weighted by atomic mass is 19.1. The van der Waals surface area contributed by atoms with Gasteiger partial charge in [0.2, 0.25) is 17.7 Å². The van der Waals surface area contributed by atoms with E-state index in [0.717, 1.165) is 4.90 Å². The lowest BCUT2D eigenvalue weighted by Gasteiger charge is -2.23. The summed E-state index contributed by atoms with van der Waals surface area (Å²) >= 11 is 0. The molecule has 1 heterocycles. The Morgan fingerprint density at radius 3 is 2.19 bits per heavy atom. The summed E-state index contributed by atoms with van der Waals surface area (Å²) in [7, 11) is 3.42. The van der Waals surface area contributed by atoms with Crippen LogP contribution in [-0.4, -0.2) is 75.9 Å². The van der Waals surface area contributed by atoms with Gasteiger partial charge in [-0.3, -0.25) is 24.2 Å². The van der Waals surface area contributed by atoms with Gasteiger partial charge >= 0.3 is 11.9 Å². The van der Waals surface area contributed by atoms with Gasteiger partial charge in [-0.15, -0.1) is 0 Å². The standard InChI is InChI=1S/C16H20FN3O3.C4H4O4/c1-10(20-14(21)8-13(16(20)23)19(2)3)15(22)18-9-11-6-4-5-7-12(11)17;5-3(6)1-2-4(7)8/h4-7,10,13H,8-9H2,1-3H3,(H,18,22);1-2H,(H,5,6)(H,7,8)/b;2-1+/t10-,13+;/m1./s1. The number of carbonyl (C=O) groups is 5. The minimum absolute atomic E-state index is 0.00315. The van der Waals surface area contributed by atoms with E-state index in [2.05, 4.69) is 5.32 Å². The molecular formula is C20H24FN3O7. The first kappa shape index (κ1) is 25.4. The van der Waals surface area contributed by atoms with Crippen molar-refractivity contribution in [3.63, 3.8) is 0 Å². The molecule has 0 saturated carbocycles. The molecule has 1 aromatic carbocycles. The molecular weight excluding hydrogens is 413 g/mol. The second kappa shape index (κ2) is 11.6. The molecule has 1 aliphatic rings. The second-order valence-corrected chi connectivity index (χ2v) is 6.78. The predicted octanol–water partition coefficient (Wildman–Crippen LogP) is 0.231. The average molecular weight is 437 g/mol. The summed E-state index contributed by atoms with van der Waals surface area (Å²) in [5, 5.41) is 18.2. The fourth-order valence-electron chi connectivity index (χ4n) is 2.68. The molecule has 0 spiro atoms. The molecule has 3 N–H and O–H groups in total. The number of nitrogens with one attached hydrogen (secondary N) is 1. The number of hydrogen-bond acceptors (Lipinski definition) is 6. The van der Waals surface area contributed by atoms with Crippen molar-refractivity contribution >= 4 is 29.7 Å². The van der Waals surface area contributed by atoms with E-state index >= 15 is 0 Å². The van der Waals surface area contributed by atoms with Crippen LogP contribution in [-0.2, 0) is 30.5 Å². The Labute approximate surface area is 177 Å². The van der Waals surface area contributed by atoms with Gasteiger partial charge in [0.25, 0.3) is 0 Å². The van der Waals surface area contributed by atoms with Crippen LogP contribution in [0, 0.1) is 5.82 Å². The number of amides is 3. The highest BCUT2D eigenvalue weighted by molar-refractivity contribution is 6.08. The van der Waals surface area contributed by atoms with Gasteiger partial charge in [-0.05, 0) is 27.1 Å². The van der Waals surface area contributed by atoms with Crippen molar-refractivity contribution in [1.82, 2.24) is 15.1 Å². The molecule has 3 amide bonds. The zero-order valence-corrected chi connectivity index (χ0v) is 17.2. The molecule has 1 saturated heterocycles. The van der Waals surface area contributed by atoms with Gasteiger partial charge in [-0.2, -0.15) is 0 Å². The van der Waals surface area contributed by atoms with Gasteiger partial charge in [-0.1, -0.05) is 18.2 Å². The van der Waals surface area contributed by atoms with Gasteiger partial charge < -0.3 is 15.5 Å². The lowest BCUT2D eigenvalue weighted by Crippen LogP contribution is -2.49. The zero-order valence-electron chi connectivity index (χ0n) is 17.2. The third-order valence-electron chi connectivity index (χ3n) is 4.33. The maximum Gasteiger partial charge on any atom is 0.328 e. The number of halogens is 1. The van der Waals surface area contributed by atoms with Crippen LogP contribution in [0.15, 0.2) is 36.4 Å². The van der Waals surface area contributed by atoms with Crippen molar-refractivity contribution in [3.8, 4) is 0 Å². The maximum atomic E-state index is 13.5. The van der Waals surface area contributed by atoms with Crippen LogP contribution in [0.25, 0.3) is 0 Å². The second-order valence-electron chi connectivity index (χ2n) is 6.78. The molecule has 168 valence electrons. The summed E-state index contributed by atoms with van der Waals surface area (Å²) < 4.78 is 13.5. The molecule has 11 heteroatoms. The summed E-state index contributed by atoms with van der Waals surface area (Å²) in [6, 6.07) is 4.64. The van der Waals surface area contributed by atoms with E-state index in [1.165, 1.54) is 13.0 Å². The van der Waals surface area contributed by atoms with E-state index in [0.29, 0.717) is 17.7 Å². The van der Waals surface area contributed by atoms with Crippen LogP contribution in [0.3, 0.4) is 0 Å². The number of rotatable bonds is 7. The van der Waals surface area contributed by atoms with Gasteiger partial charge in [0, 0.05) is 24.3 Å². The molecule has 0 unspecified atom stereocenters. The Hall–Kier alpha value is -3.60. The quantitative estimate of drug-likeness (QED) is 0.406. The van der Waals surface area contributed by atoms with Crippen LogP contribution in [0.5, 0.6) is 0 Å². The largest absolute Gasteiger partial charge is 0.478 e. The summed E-state index contributed by atoms with van der Waals surface area (Å²) in [6.45, 7) is 1.49. The van der Waals surface area contributed by atoms with Crippen LogP contribution >= 0.6 is 0 Å². The Balaban J connectivity index is 0.000000512. The van der Waals surface area contributed by atoms with Gasteiger partial charge in [0.05, 0.1) is 12.5 Å². The van der Waals surface area contributed by atoms with Gasteiger partial charge in [0.15, 0.2) is 0 Å². The van der Waals surface area contributed by atoms with Crippen molar-refractivity contribution in [2.75, 3.05) is 14.1 Å². The first-order valence-corrected chi connectivity index (χ1v) is 9.13. The Morgan fingerprint density at radius 2 is 1.74 bits per heavy atom. The average Bonchev–Trinajstić information content (AvgIpc) is 2.99. The molecule has 31 heavy (non-hydrogen) atoms. The number of aliphatic carboxylic acids is 2. The van der Waals surface area contributed by atoms with Crippen LogP contribution < -0.4 is 5.32 Å². The Kier molecular flexibility index (Phi) is 9.48. The SMILES string of the molecule is C[C@H](C(=O)NCc1ccccc1F)N1C(=O)C[C@H](N(C)C)C1=O.O=C(O)/C=C/C(=O)O. The molecule has 1 aromatic rings. The maximum absolute atomic E-state index is 13.5. The topological polar surface area (TPSA) is 144 Å². The number of likely N-dealkylation sites (N-methyl/N-ethyl adjacent to an activating group) is 1. The summed E-state index contributed by atoms with van der Waals surface area (Å²) in [5.41, 5.74) is 0.346. The lowest BCUT2D eigenvalue weighted by atomic mass is 10.2. The fourth-order valence-corrected chi connectivity index (χ4v) is 2.68. The van der Waals surface area contributed by atoms with E-state index < -0.39 is 35.7 Å². The van der Waals surface area contributed by atoms with Crippen molar-refractivity contribution in [1.29, 1.82) is 0 Å². The highest BCUT2D eigenvalue weighted by Gasteiger charge is 2.43. The molecule has 10 nitrogen and oxygen atoms in total. The predicted molar refractivity (Wildman–Crippen MR) is 106 cm³/mol. The molecule has 2 atom stereocenters. The fraction of sp³-hybridized carbons (Fsp3) is 0.350. The third kappa shape index (κ3) is 7.63. The number of carbonyl (C=O) groups excluding carboxylic acids is 3. The Bertz CT molecular complexity index is 869. The number of likely N-dealkylation sites (tertiary alicyclic amines) is 1. The summed E-state index contributed by atoms with van der Waals surface area (Å²) in [4.78, 5) is 58.2. The lowest BCUT2D eigenvalue weighted by molar-refractivity contribution is -0.147. The molecule has 0 bridgehead atoms. The number of imide groups is 1. The van der Waals surface area contributed by atoms with Crippen molar-refractivity contribution < 1.29 is 38.6 Å². The molecule has 0 aliphatic carbocycles. The number of hydrogen-bond donors (Lipinski definition) is 3. The van der Waals surface area contributed by atoms with E-state index in [1.54, 1.807) is 37.2 Å². The van der Waals surface area contributed by atoms with E-state index in [9.17, 15) is 28.4 Å². The minimum atomic E-state index is -1.26. The van der Waals surface area contributed by atoms with Crippen LogP contribution in [0.4, 0.5) is 4.39 Å². The van der Waals surface area contributed by atoms with E-state index in [1.807, 2.05) is 0 Å². The number of carboxylic acid groups (broad SMARTS) is 2. The zero-order chi connectivity index (χ0) is 23.7. The number of carboxylic acids is 2. The van der Waals surface area contributed by atoms with Gasteiger partial charge in [-0.25, -0.2) is 14.0 Å². The monoisotopic (exact) mass is 437 g/mol. The summed E-state index contributed by atoms with van der Waals surface area (Å²) in [5.74, 6) is -4.17. The minimum Gasteiger partial charge on any atom is -0.478 e. The Morgan fingerprint density at radius 1 is 1.19 bits per heavy atom. The first-order valence-electron chi connectivity index (χ1n) is 9.13. The van der Waals surface area contributed by atoms with E-state index in [4.69, 9.17) is 10.2 Å². The smallest absolute Gasteiger partial charge is 0.328 e. The van der Waals surface area contributed by atoms with Crippen molar-refractivity contribution in [2.24, 2.45) is 0 Å². The normalized spacial score (nSPS) is 16.8. The summed E-state index contributed by atoms with van der Waals surface area (Å²) in [6.07, 6.45) is 1.18. The molecule has 1 fully saturated rings. The number of benzene rings is 1. The highest BCUT2D eigenvalue weighted by Crippen LogP contribution is 2.19. The molecule has 0 aromatic heterocycles. The molecule has 0 radical (unpaired) electrons.